The molecule has 446 valence electrons. The molecule has 0 amide bonds. The summed E-state index contributed by atoms with van der Waals surface area (Å²) in [5, 5.41) is 58.8. The number of hydrogen-bond acceptors (Lipinski definition) is 15. The Bertz CT molecular complexity index is 3960. The highest BCUT2D eigenvalue weighted by Gasteiger charge is 2.43. The van der Waals surface area contributed by atoms with E-state index in [1.54, 1.807) is 12.3 Å². The molecule has 8 N–H and O–H groups in total. The summed E-state index contributed by atoms with van der Waals surface area (Å²) >= 11 is 20.5. The van der Waals surface area contributed by atoms with Crippen molar-refractivity contribution < 1.29 is 24.3 Å². The number of aromatic hydroxyl groups is 2. The van der Waals surface area contributed by atoms with Gasteiger partial charge in [0, 0.05) is 87.8 Å². The standard InChI is InChI=1S/C20H21BrN4S.C15H13BrN4O2.C15H20N4S.C13H12BrNO3/c1-25-18-11-10-13(21)12-16(18)15-8-5-9-17(19(15)25)23-24-20(26)22-14-6-3-2-4-7-14;16-11-5-13-14(9-3-1-2-4-12(9)22-13)10(15(11)21)6-19-20-7-17-18-8-20;1-9-6-7-13-11(8-9)10-4-3-5-12(14(10)19(13)2)17-18-15(16)20;14-9-5-11-12(8(6-15-17)13(9)16)7-3-1-2-4-10(7)18-11/h2-4,6-7,10-12,15,19H,5,8-9H2,1H3,(H2,22,24,26);5-8,21H,1-4H2;6-8,10,14H,3-5H2,1-2H3,(H3,16,18,20);5-6,16-17H,1-4H2/b23-17+;19-6+;17-12+;15-6+. The molecule has 6 aliphatic rings. The third-order valence-corrected chi connectivity index (χ3v) is 18.9. The molecule has 2 aliphatic heterocycles. The number of nitrogens with one attached hydrogen (secondary N) is 3. The molecular weight excluding hydrogens is 1320 g/mol. The van der Waals surface area contributed by atoms with Gasteiger partial charge in [0.25, 0.3) is 0 Å². The monoisotopic (exact) mass is 1390 g/mol. The molecule has 18 nitrogen and oxygen atoms in total. The number of nitrogens with two attached hydrogens (primary N) is 1. The molecule has 4 aliphatic carbocycles. The summed E-state index contributed by atoms with van der Waals surface area (Å²) in [6.45, 7) is 2.15. The number of benzene rings is 5. The van der Waals surface area contributed by atoms with Crippen LogP contribution in [-0.4, -0.2) is 90.6 Å². The molecule has 0 radical (unpaired) electrons. The van der Waals surface area contributed by atoms with Gasteiger partial charge in [-0.05, 0) is 200 Å². The van der Waals surface area contributed by atoms with E-state index in [0.29, 0.717) is 49.1 Å². The highest BCUT2D eigenvalue weighted by Crippen LogP contribution is 2.49. The zero-order chi connectivity index (χ0) is 60.2. The van der Waals surface area contributed by atoms with Crippen LogP contribution in [0.1, 0.15) is 127 Å². The average Bonchev–Trinajstić information content (AvgIpc) is 2.04. The van der Waals surface area contributed by atoms with Gasteiger partial charge in [0.05, 0.1) is 50.4 Å². The first-order valence-electron chi connectivity index (χ1n) is 28.8. The van der Waals surface area contributed by atoms with Crippen LogP contribution >= 0.6 is 72.2 Å². The van der Waals surface area contributed by atoms with E-state index in [2.05, 4.69) is 162 Å². The highest BCUT2D eigenvalue weighted by atomic mass is 79.9. The summed E-state index contributed by atoms with van der Waals surface area (Å²) in [7, 11) is 4.32. The van der Waals surface area contributed by atoms with E-state index in [1.807, 2.05) is 36.4 Å². The number of para-hydroxylation sites is 1. The van der Waals surface area contributed by atoms with Crippen LogP contribution in [0.4, 0.5) is 17.1 Å². The molecule has 0 spiro atoms. The minimum atomic E-state index is 0.0782. The molecule has 86 heavy (non-hydrogen) atoms. The summed E-state index contributed by atoms with van der Waals surface area (Å²) in [4.78, 5) is 4.71. The van der Waals surface area contributed by atoms with Gasteiger partial charge < -0.3 is 45.1 Å². The van der Waals surface area contributed by atoms with E-state index in [0.717, 1.165) is 126 Å². The first-order valence-corrected chi connectivity index (χ1v) is 32.0. The molecule has 14 rings (SSSR count). The summed E-state index contributed by atoms with van der Waals surface area (Å²) in [6, 6.07) is 27.4. The lowest BCUT2D eigenvalue weighted by molar-refractivity contribution is 0.321. The number of nitrogens with zero attached hydrogens (tertiary/aromatic N) is 9. The minimum absolute atomic E-state index is 0.0782. The number of hydrazone groups is 2. The van der Waals surface area contributed by atoms with Gasteiger partial charge in [0.15, 0.2) is 10.2 Å². The molecule has 4 unspecified atom stereocenters. The fourth-order valence-electron chi connectivity index (χ4n) is 13.1. The number of phenols is 2. The summed E-state index contributed by atoms with van der Waals surface area (Å²) in [5.41, 5.74) is 26.4. The van der Waals surface area contributed by atoms with Crippen molar-refractivity contribution in [3.8, 4) is 11.5 Å². The molecule has 23 heteroatoms. The molecule has 2 saturated carbocycles. The maximum Gasteiger partial charge on any atom is 0.191 e. The van der Waals surface area contributed by atoms with E-state index in [9.17, 15) is 10.2 Å². The molecular formula is C63H66Br3N13O5S2. The van der Waals surface area contributed by atoms with Gasteiger partial charge in [0.2, 0.25) is 0 Å². The average molecular weight is 1390 g/mol. The molecule has 5 aromatic carbocycles. The predicted molar refractivity (Wildman–Crippen MR) is 360 cm³/mol. The maximum absolute atomic E-state index is 10.4. The second-order valence-corrected chi connectivity index (χ2v) is 25.7. The number of oxime groups is 1. The third kappa shape index (κ3) is 12.8. The Kier molecular flexibility index (Phi) is 18.9. The Hall–Kier alpha value is -7.18. The predicted octanol–water partition coefficient (Wildman–Crippen LogP) is 14.0. The molecule has 4 atom stereocenters. The second kappa shape index (κ2) is 26.8. The first-order chi connectivity index (χ1) is 41.7. The Morgan fingerprint density at radius 2 is 1.19 bits per heavy atom. The largest absolute Gasteiger partial charge is 0.506 e. The van der Waals surface area contributed by atoms with Crippen molar-refractivity contribution in [3.63, 3.8) is 0 Å². The Morgan fingerprint density at radius 1 is 0.663 bits per heavy atom. The number of hydrogen-bond donors (Lipinski definition) is 7. The number of aryl methyl sites for hydroxylation is 5. The van der Waals surface area contributed by atoms with Gasteiger partial charge in [-0.25, -0.2) is 4.68 Å². The van der Waals surface area contributed by atoms with Crippen molar-refractivity contribution in [2.45, 2.75) is 121 Å². The van der Waals surface area contributed by atoms with Gasteiger partial charge in [-0.1, -0.05) is 57.0 Å². The molecule has 8 aromatic rings. The summed E-state index contributed by atoms with van der Waals surface area (Å²) in [6.07, 6.45) is 20.9. The second-order valence-electron chi connectivity index (χ2n) is 22.2. The lowest BCUT2D eigenvalue weighted by Gasteiger charge is -2.32. The van der Waals surface area contributed by atoms with Gasteiger partial charge in [-0.3, -0.25) is 10.9 Å². The van der Waals surface area contributed by atoms with E-state index < -0.39 is 0 Å². The number of anilines is 3. The van der Waals surface area contributed by atoms with Crippen LogP contribution in [-0.2, 0) is 25.7 Å². The Balaban J connectivity index is 0.000000120. The maximum atomic E-state index is 10.4. The number of furan rings is 2. The summed E-state index contributed by atoms with van der Waals surface area (Å²) in [5.74, 6) is 3.29. The van der Waals surface area contributed by atoms with Gasteiger partial charge in [0.1, 0.15) is 46.8 Å². The van der Waals surface area contributed by atoms with Crippen LogP contribution in [0, 0.1) is 6.92 Å². The van der Waals surface area contributed by atoms with E-state index >= 15 is 0 Å². The van der Waals surface area contributed by atoms with Crippen LogP contribution in [0.15, 0.2) is 134 Å². The lowest BCUT2D eigenvalue weighted by Crippen LogP contribution is -2.42. The number of rotatable bonds is 6. The molecule has 2 fully saturated rings. The van der Waals surface area contributed by atoms with Crippen molar-refractivity contribution in [1.29, 1.82) is 0 Å². The minimum Gasteiger partial charge on any atom is -0.506 e. The number of fused-ring (bicyclic) bond motifs is 12. The molecule has 5 heterocycles. The number of thiocarbonyl (C=S) groups is 2. The van der Waals surface area contributed by atoms with E-state index in [1.165, 1.54) is 82.1 Å². The quantitative estimate of drug-likeness (QED) is 0.0355. The van der Waals surface area contributed by atoms with Crippen LogP contribution in [0.25, 0.3) is 21.9 Å². The summed E-state index contributed by atoms with van der Waals surface area (Å²) < 4.78 is 15.6. The Labute approximate surface area is 534 Å². The first kappa shape index (κ1) is 60.5. The van der Waals surface area contributed by atoms with Crippen molar-refractivity contribution >= 4 is 145 Å². The normalized spacial score (nSPS) is 20.0. The SMILES string of the molecule is CN1c2ccc(Br)cc2C2CCC/C(=N\NC(=S)Nc3ccccc3)C21.Cc1ccc2c(c1)C1CCC/C(=N\NC(N)=S)C1N2C.O/N=C/c1c(O)c(Br)cc2oc3c(c12)CCCC3.Oc1c(Br)cc2oc3c(c2c1/C=N/n1cnnc1)CCCC3. The van der Waals surface area contributed by atoms with E-state index in [-0.39, 0.29) is 16.6 Å². The highest BCUT2D eigenvalue weighted by molar-refractivity contribution is 9.11. The third-order valence-electron chi connectivity index (χ3n) is 16.9. The number of phenolic OH excluding ortho intramolecular Hbond substituents is 2. The van der Waals surface area contributed by atoms with Gasteiger partial charge in [-0.2, -0.15) is 15.3 Å². The van der Waals surface area contributed by atoms with Crippen molar-refractivity contribution in [2.75, 3.05) is 29.2 Å². The zero-order valence-electron chi connectivity index (χ0n) is 47.7. The fraction of sp³-hybridized carbons (Fsp3) is 0.333. The van der Waals surface area contributed by atoms with Crippen molar-refractivity contribution in [2.24, 2.45) is 26.2 Å². The van der Waals surface area contributed by atoms with Crippen LogP contribution in [0.5, 0.6) is 11.5 Å². The molecule has 0 bridgehead atoms. The smallest absolute Gasteiger partial charge is 0.191 e. The van der Waals surface area contributed by atoms with Crippen LogP contribution in [0.3, 0.4) is 0 Å². The topological polar surface area (TPSA) is 236 Å². The zero-order valence-corrected chi connectivity index (χ0v) is 54.1. The molecule has 3 aromatic heterocycles. The van der Waals surface area contributed by atoms with Gasteiger partial charge in [-0.15, -0.1) is 10.2 Å². The van der Waals surface area contributed by atoms with E-state index in [4.69, 9.17) is 44.2 Å². The van der Waals surface area contributed by atoms with Crippen molar-refractivity contribution in [1.82, 2.24) is 25.7 Å². The lowest BCUT2D eigenvalue weighted by atomic mass is 9.81. The van der Waals surface area contributed by atoms with Crippen LogP contribution < -0.4 is 31.7 Å². The Morgan fingerprint density at radius 3 is 1.74 bits per heavy atom. The number of likely N-dealkylation sites (N-methyl/N-ethyl adjacent to an activating group) is 2. The number of aromatic nitrogens is 3. The van der Waals surface area contributed by atoms with Gasteiger partial charge >= 0.3 is 0 Å². The number of halogens is 3. The van der Waals surface area contributed by atoms with Crippen molar-refractivity contribution in [3.05, 3.63) is 155 Å². The molecule has 0 saturated heterocycles. The van der Waals surface area contributed by atoms with Crippen LogP contribution in [0.2, 0.25) is 0 Å². The fourth-order valence-corrected chi connectivity index (χ4v) is 14.6.